The lowest BCUT2D eigenvalue weighted by Crippen LogP contribution is -2.38. The highest BCUT2D eigenvalue weighted by Crippen LogP contribution is 2.10. The SMILES string of the molecule is O=C(CCC(=O)N1CCCN(C(=O)Cn2cccn2)CC1)Nc1nncs1. The van der Waals surface area contributed by atoms with Gasteiger partial charge in [0.05, 0.1) is 0 Å². The van der Waals surface area contributed by atoms with Crippen molar-refractivity contribution in [2.45, 2.75) is 25.8 Å². The van der Waals surface area contributed by atoms with Gasteiger partial charge in [0.1, 0.15) is 12.1 Å². The minimum absolute atomic E-state index is 0.00978. The predicted molar refractivity (Wildman–Crippen MR) is 97.8 cm³/mol. The largest absolute Gasteiger partial charge is 0.341 e. The molecule has 1 aliphatic heterocycles. The fraction of sp³-hybridized carbons (Fsp3) is 0.500. The molecule has 0 bridgehead atoms. The standard InChI is InChI=1S/C16H21N7O3S/c24-13(19-16-20-17-12-27-16)3-4-14(25)21-6-2-7-22(10-9-21)15(26)11-23-8-1-5-18-23/h1,5,8,12H,2-4,6-7,9-11H2,(H,19,20,24). The van der Waals surface area contributed by atoms with Gasteiger partial charge in [-0.15, -0.1) is 10.2 Å². The van der Waals surface area contributed by atoms with E-state index in [2.05, 4.69) is 20.6 Å². The Balaban J connectivity index is 1.42. The van der Waals surface area contributed by atoms with Gasteiger partial charge in [0.25, 0.3) is 0 Å². The van der Waals surface area contributed by atoms with E-state index < -0.39 is 0 Å². The average Bonchev–Trinajstić information content (AvgIpc) is 3.29. The minimum Gasteiger partial charge on any atom is -0.341 e. The van der Waals surface area contributed by atoms with Crippen LogP contribution < -0.4 is 5.32 Å². The Kier molecular flexibility index (Phi) is 6.47. The van der Waals surface area contributed by atoms with E-state index >= 15 is 0 Å². The molecule has 2 aromatic rings. The van der Waals surface area contributed by atoms with E-state index in [9.17, 15) is 14.4 Å². The summed E-state index contributed by atoms with van der Waals surface area (Å²) in [5.74, 6) is -0.348. The normalized spacial score (nSPS) is 14.7. The number of amides is 3. The van der Waals surface area contributed by atoms with E-state index in [0.29, 0.717) is 37.7 Å². The Labute approximate surface area is 160 Å². The third-order valence-corrected chi connectivity index (χ3v) is 4.84. The molecule has 0 saturated carbocycles. The molecule has 1 fully saturated rings. The molecule has 3 amide bonds. The second-order valence-electron chi connectivity index (χ2n) is 6.11. The molecular weight excluding hydrogens is 370 g/mol. The summed E-state index contributed by atoms with van der Waals surface area (Å²) in [5.41, 5.74) is 1.53. The van der Waals surface area contributed by atoms with Crippen LogP contribution in [0.5, 0.6) is 0 Å². The maximum atomic E-state index is 12.4. The summed E-state index contributed by atoms with van der Waals surface area (Å²) in [6.45, 7) is 2.36. The van der Waals surface area contributed by atoms with Gasteiger partial charge < -0.3 is 15.1 Å². The second kappa shape index (κ2) is 9.21. The molecular formula is C16H21N7O3S. The molecule has 3 heterocycles. The van der Waals surface area contributed by atoms with Crippen molar-refractivity contribution in [3.63, 3.8) is 0 Å². The van der Waals surface area contributed by atoms with Crippen molar-refractivity contribution in [3.05, 3.63) is 24.0 Å². The van der Waals surface area contributed by atoms with Gasteiger partial charge >= 0.3 is 0 Å². The molecule has 1 N–H and O–H groups in total. The Bertz CT molecular complexity index is 763. The number of anilines is 1. The molecule has 0 spiro atoms. The van der Waals surface area contributed by atoms with E-state index in [1.165, 1.54) is 16.8 Å². The van der Waals surface area contributed by atoms with Crippen molar-refractivity contribution in [1.29, 1.82) is 0 Å². The van der Waals surface area contributed by atoms with Crippen molar-refractivity contribution < 1.29 is 14.4 Å². The van der Waals surface area contributed by atoms with Crippen LogP contribution in [0.3, 0.4) is 0 Å². The molecule has 0 aromatic carbocycles. The molecule has 0 atom stereocenters. The van der Waals surface area contributed by atoms with Crippen molar-refractivity contribution in [3.8, 4) is 0 Å². The lowest BCUT2D eigenvalue weighted by molar-refractivity contribution is -0.134. The summed E-state index contributed by atoms with van der Waals surface area (Å²) in [6, 6.07) is 1.78. The predicted octanol–water partition coefficient (Wildman–Crippen LogP) is 0.214. The highest BCUT2D eigenvalue weighted by molar-refractivity contribution is 7.13. The number of rotatable bonds is 6. The van der Waals surface area contributed by atoms with E-state index in [0.717, 1.165) is 0 Å². The van der Waals surface area contributed by atoms with Crippen LogP contribution in [0.25, 0.3) is 0 Å². The summed E-state index contributed by atoms with van der Waals surface area (Å²) in [5, 5.41) is 14.5. The zero-order valence-electron chi connectivity index (χ0n) is 14.8. The van der Waals surface area contributed by atoms with Gasteiger partial charge in [-0.25, -0.2) is 0 Å². The maximum Gasteiger partial charge on any atom is 0.244 e. The van der Waals surface area contributed by atoms with Crippen molar-refractivity contribution in [2.75, 3.05) is 31.5 Å². The van der Waals surface area contributed by atoms with Crippen LogP contribution in [0.4, 0.5) is 5.13 Å². The quantitative estimate of drug-likeness (QED) is 0.753. The minimum atomic E-state index is -0.258. The van der Waals surface area contributed by atoms with Gasteiger partial charge in [-0.1, -0.05) is 11.3 Å². The number of nitrogens with one attached hydrogen (secondary N) is 1. The third kappa shape index (κ3) is 5.58. The van der Waals surface area contributed by atoms with Gasteiger partial charge in [0.15, 0.2) is 0 Å². The van der Waals surface area contributed by atoms with Crippen LogP contribution in [-0.4, -0.2) is 73.7 Å². The van der Waals surface area contributed by atoms with E-state index in [1.807, 2.05) is 0 Å². The average molecular weight is 391 g/mol. The fourth-order valence-corrected chi connectivity index (χ4v) is 3.30. The second-order valence-corrected chi connectivity index (χ2v) is 6.94. The summed E-state index contributed by atoms with van der Waals surface area (Å²) in [7, 11) is 0. The smallest absolute Gasteiger partial charge is 0.244 e. The number of nitrogens with zero attached hydrogens (tertiary/aromatic N) is 6. The van der Waals surface area contributed by atoms with Crippen LogP contribution in [0.15, 0.2) is 24.0 Å². The maximum absolute atomic E-state index is 12.4. The molecule has 27 heavy (non-hydrogen) atoms. The van der Waals surface area contributed by atoms with Gasteiger partial charge in [0, 0.05) is 51.4 Å². The first-order valence-electron chi connectivity index (χ1n) is 8.71. The molecule has 3 rings (SSSR count). The number of carbonyl (C=O) groups excluding carboxylic acids is 3. The topological polar surface area (TPSA) is 113 Å². The Morgan fingerprint density at radius 1 is 1.07 bits per heavy atom. The lowest BCUT2D eigenvalue weighted by Gasteiger charge is -2.22. The number of hydrogen-bond donors (Lipinski definition) is 1. The fourth-order valence-electron chi connectivity index (χ4n) is 2.84. The van der Waals surface area contributed by atoms with Crippen molar-refractivity contribution in [1.82, 2.24) is 29.8 Å². The summed E-state index contributed by atoms with van der Waals surface area (Å²) >= 11 is 1.23. The van der Waals surface area contributed by atoms with Crippen LogP contribution in [-0.2, 0) is 20.9 Å². The summed E-state index contributed by atoms with van der Waals surface area (Å²) in [6.07, 6.45) is 4.33. The van der Waals surface area contributed by atoms with Crippen LogP contribution in [0, 0.1) is 0 Å². The van der Waals surface area contributed by atoms with E-state index in [1.54, 1.807) is 32.9 Å². The van der Waals surface area contributed by atoms with Gasteiger partial charge in [-0.05, 0) is 12.5 Å². The monoisotopic (exact) mass is 391 g/mol. The summed E-state index contributed by atoms with van der Waals surface area (Å²) < 4.78 is 1.59. The van der Waals surface area contributed by atoms with Crippen molar-refractivity contribution in [2.24, 2.45) is 0 Å². The Morgan fingerprint density at radius 3 is 2.52 bits per heavy atom. The van der Waals surface area contributed by atoms with E-state index in [4.69, 9.17) is 0 Å². The first-order valence-corrected chi connectivity index (χ1v) is 9.59. The molecule has 0 aliphatic carbocycles. The zero-order chi connectivity index (χ0) is 19.1. The third-order valence-electron chi connectivity index (χ3n) is 4.23. The Hall–Kier alpha value is -2.82. The molecule has 0 radical (unpaired) electrons. The van der Waals surface area contributed by atoms with E-state index in [-0.39, 0.29) is 37.1 Å². The highest BCUT2D eigenvalue weighted by atomic mass is 32.1. The number of carbonyl (C=O) groups is 3. The first kappa shape index (κ1) is 19.0. The van der Waals surface area contributed by atoms with Crippen LogP contribution in [0.1, 0.15) is 19.3 Å². The van der Waals surface area contributed by atoms with Gasteiger partial charge in [0.2, 0.25) is 22.9 Å². The molecule has 144 valence electrons. The zero-order valence-corrected chi connectivity index (χ0v) is 15.6. The lowest BCUT2D eigenvalue weighted by atomic mass is 10.2. The van der Waals surface area contributed by atoms with Crippen LogP contribution >= 0.6 is 11.3 Å². The molecule has 11 heteroatoms. The van der Waals surface area contributed by atoms with Crippen molar-refractivity contribution >= 4 is 34.2 Å². The molecule has 0 unspecified atom stereocenters. The molecule has 2 aromatic heterocycles. The number of hydrogen-bond acceptors (Lipinski definition) is 7. The molecule has 1 saturated heterocycles. The molecule has 1 aliphatic rings. The van der Waals surface area contributed by atoms with Crippen LogP contribution in [0.2, 0.25) is 0 Å². The van der Waals surface area contributed by atoms with Gasteiger partial charge in [-0.3, -0.25) is 19.1 Å². The summed E-state index contributed by atoms with van der Waals surface area (Å²) in [4.78, 5) is 40.1. The first-order chi connectivity index (χ1) is 13.1. The molecule has 10 nitrogen and oxygen atoms in total. The highest BCUT2D eigenvalue weighted by Gasteiger charge is 2.22. The number of aromatic nitrogens is 4. The Morgan fingerprint density at radius 2 is 1.85 bits per heavy atom. The van der Waals surface area contributed by atoms with Gasteiger partial charge in [-0.2, -0.15) is 5.10 Å².